The first-order valence-electron chi connectivity index (χ1n) is 6.30. The number of nitrogens with two attached hydrogens (primary N) is 1. The predicted octanol–water partition coefficient (Wildman–Crippen LogP) is 3.35. The summed E-state index contributed by atoms with van der Waals surface area (Å²) in [5.41, 5.74) is 5.67. The quantitative estimate of drug-likeness (QED) is 0.674. The van der Waals surface area contributed by atoms with Crippen LogP contribution in [0.4, 0.5) is 0 Å². The van der Waals surface area contributed by atoms with Crippen molar-refractivity contribution in [3.05, 3.63) is 0 Å². The zero-order chi connectivity index (χ0) is 11.9. The summed E-state index contributed by atoms with van der Waals surface area (Å²) in [6, 6.07) is 0.135. The molecule has 2 atom stereocenters. The molecule has 92 valence electrons. The van der Waals surface area contributed by atoms with Crippen molar-refractivity contribution in [2.24, 2.45) is 11.7 Å². The Kier molecular flexibility index (Phi) is 7.20. The SMILES string of the molecule is CCCC(CC)CC(C)(C)OCC(C)N. The Hall–Kier alpha value is -0.0800. The highest BCUT2D eigenvalue weighted by Gasteiger charge is 2.23. The van der Waals surface area contributed by atoms with Crippen LogP contribution in [-0.2, 0) is 4.74 Å². The molecule has 0 aliphatic heterocycles. The molecule has 2 nitrogen and oxygen atoms in total. The van der Waals surface area contributed by atoms with Crippen molar-refractivity contribution in [3.63, 3.8) is 0 Å². The van der Waals surface area contributed by atoms with Crippen LogP contribution in [0.2, 0.25) is 0 Å². The van der Waals surface area contributed by atoms with Gasteiger partial charge in [0.1, 0.15) is 0 Å². The summed E-state index contributed by atoms with van der Waals surface area (Å²) >= 11 is 0. The fourth-order valence-electron chi connectivity index (χ4n) is 1.97. The van der Waals surface area contributed by atoms with E-state index in [2.05, 4.69) is 27.7 Å². The van der Waals surface area contributed by atoms with Gasteiger partial charge >= 0.3 is 0 Å². The predicted molar refractivity (Wildman–Crippen MR) is 67.0 cm³/mol. The average molecular weight is 215 g/mol. The van der Waals surface area contributed by atoms with Crippen molar-refractivity contribution in [2.75, 3.05) is 6.61 Å². The lowest BCUT2D eigenvalue weighted by atomic mass is 9.88. The summed E-state index contributed by atoms with van der Waals surface area (Å²) in [4.78, 5) is 0. The van der Waals surface area contributed by atoms with Crippen molar-refractivity contribution in [3.8, 4) is 0 Å². The molecule has 0 aromatic heterocycles. The molecule has 0 heterocycles. The zero-order valence-corrected chi connectivity index (χ0v) is 11.2. The Morgan fingerprint density at radius 2 is 1.87 bits per heavy atom. The van der Waals surface area contributed by atoms with Crippen LogP contribution in [0.3, 0.4) is 0 Å². The van der Waals surface area contributed by atoms with Crippen LogP contribution in [0.1, 0.15) is 60.3 Å². The summed E-state index contributed by atoms with van der Waals surface area (Å²) in [6.07, 6.45) is 4.96. The molecule has 0 rings (SSSR count). The monoisotopic (exact) mass is 215 g/mol. The minimum atomic E-state index is -0.0243. The number of rotatable bonds is 8. The molecule has 0 saturated carbocycles. The van der Waals surface area contributed by atoms with Gasteiger partial charge in [0, 0.05) is 6.04 Å². The molecule has 0 spiro atoms. The van der Waals surface area contributed by atoms with Crippen molar-refractivity contribution < 1.29 is 4.74 Å². The molecule has 0 saturated heterocycles. The summed E-state index contributed by atoms with van der Waals surface area (Å²) in [6.45, 7) is 11.5. The van der Waals surface area contributed by atoms with E-state index in [1.54, 1.807) is 0 Å². The first-order valence-corrected chi connectivity index (χ1v) is 6.30. The van der Waals surface area contributed by atoms with Gasteiger partial charge in [-0.25, -0.2) is 0 Å². The second-order valence-corrected chi connectivity index (χ2v) is 5.32. The second-order valence-electron chi connectivity index (χ2n) is 5.32. The third kappa shape index (κ3) is 7.80. The number of hydrogen-bond acceptors (Lipinski definition) is 2. The Labute approximate surface area is 95.6 Å². The highest BCUT2D eigenvalue weighted by atomic mass is 16.5. The van der Waals surface area contributed by atoms with Gasteiger partial charge in [0.05, 0.1) is 12.2 Å². The van der Waals surface area contributed by atoms with E-state index >= 15 is 0 Å². The number of hydrogen-bond donors (Lipinski definition) is 1. The van der Waals surface area contributed by atoms with Crippen LogP contribution in [-0.4, -0.2) is 18.2 Å². The molecule has 15 heavy (non-hydrogen) atoms. The lowest BCUT2D eigenvalue weighted by Crippen LogP contribution is -2.33. The molecule has 0 aliphatic carbocycles. The molecule has 0 aromatic rings. The van der Waals surface area contributed by atoms with Gasteiger partial charge in [0.15, 0.2) is 0 Å². The molecule has 0 fully saturated rings. The lowest BCUT2D eigenvalue weighted by Gasteiger charge is -2.30. The molecule has 2 N–H and O–H groups in total. The zero-order valence-electron chi connectivity index (χ0n) is 11.2. The van der Waals surface area contributed by atoms with E-state index in [4.69, 9.17) is 10.5 Å². The fourth-order valence-corrected chi connectivity index (χ4v) is 1.97. The van der Waals surface area contributed by atoms with E-state index in [-0.39, 0.29) is 11.6 Å². The van der Waals surface area contributed by atoms with Gasteiger partial charge in [-0.05, 0) is 33.1 Å². The Balaban J connectivity index is 3.97. The van der Waals surface area contributed by atoms with Crippen LogP contribution in [0, 0.1) is 5.92 Å². The minimum Gasteiger partial charge on any atom is -0.374 e. The minimum absolute atomic E-state index is 0.0243. The fraction of sp³-hybridized carbons (Fsp3) is 1.00. The highest BCUT2D eigenvalue weighted by molar-refractivity contribution is 4.74. The van der Waals surface area contributed by atoms with Crippen LogP contribution in [0.5, 0.6) is 0 Å². The lowest BCUT2D eigenvalue weighted by molar-refractivity contribution is -0.0394. The first kappa shape index (κ1) is 14.9. The van der Waals surface area contributed by atoms with Crippen molar-refractivity contribution in [1.29, 1.82) is 0 Å². The Morgan fingerprint density at radius 3 is 2.27 bits per heavy atom. The van der Waals surface area contributed by atoms with Crippen LogP contribution >= 0.6 is 0 Å². The van der Waals surface area contributed by atoms with E-state index in [1.807, 2.05) is 6.92 Å². The maximum absolute atomic E-state index is 5.84. The smallest absolute Gasteiger partial charge is 0.0630 e. The maximum Gasteiger partial charge on any atom is 0.0630 e. The topological polar surface area (TPSA) is 35.2 Å². The summed E-state index contributed by atoms with van der Waals surface area (Å²) in [5, 5.41) is 0. The van der Waals surface area contributed by atoms with E-state index in [1.165, 1.54) is 19.3 Å². The molecule has 0 bridgehead atoms. The molecular formula is C13H29NO. The molecule has 0 amide bonds. The average Bonchev–Trinajstić information content (AvgIpc) is 2.14. The molecule has 2 unspecified atom stereocenters. The van der Waals surface area contributed by atoms with E-state index in [0.717, 1.165) is 12.3 Å². The van der Waals surface area contributed by atoms with Crippen LogP contribution in [0.25, 0.3) is 0 Å². The van der Waals surface area contributed by atoms with Gasteiger partial charge in [0.2, 0.25) is 0 Å². The van der Waals surface area contributed by atoms with E-state index < -0.39 is 0 Å². The Morgan fingerprint density at radius 1 is 1.27 bits per heavy atom. The molecule has 0 aliphatic rings. The number of ether oxygens (including phenoxy) is 1. The summed E-state index contributed by atoms with van der Waals surface area (Å²) in [7, 11) is 0. The third-order valence-electron chi connectivity index (χ3n) is 2.79. The van der Waals surface area contributed by atoms with Crippen LogP contribution < -0.4 is 5.73 Å². The van der Waals surface area contributed by atoms with Gasteiger partial charge in [-0.2, -0.15) is 0 Å². The molecule has 0 aromatic carbocycles. The first-order chi connectivity index (χ1) is 6.91. The van der Waals surface area contributed by atoms with Crippen molar-refractivity contribution in [1.82, 2.24) is 0 Å². The van der Waals surface area contributed by atoms with Gasteiger partial charge < -0.3 is 10.5 Å². The Bertz CT molecular complexity index is 155. The van der Waals surface area contributed by atoms with Gasteiger partial charge in [-0.15, -0.1) is 0 Å². The standard InChI is InChI=1S/C13H29NO/c1-6-8-12(7-2)9-13(4,5)15-10-11(3)14/h11-12H,6-10,14H2,1-5H3. The van der Waals surface area contributed by atoms with Gasteiger partial charge in [0.25, 0.3) is 0 Å². The third-order valence-corrected chi connectivity index (χ3v) is 2.79. The van der Waals surface area contributed by atoms with Crippen molar-refractivity contribution in [2.45, 2.75) is 71.9 Å². The maximum atomic E-state index is 5.84. The van der Waals surface area contributed by atoms with Gasteiger partial charge in [-0.3, -0.25) is 0 Å². The van der Waals surface area contributed by atoms with E-state index in [9.17, 15) is 0 Å². The van der Waals surface area contributed by atoms with E-state index in [0.29, 0.717) is 6.61 Å². The van der Waals surface area contributed by atoms with Gasteiger partial charge in [-0.1, -0.05) is 33.1 Å². The highest BCUT2D eigenvalue weighted by Crippen LogP contribution is 2.26. The second kappa shape index (κ2) is 7.24. The van der Waals surface area contributed by atoms with Crippen molar-refractivity contribution >= 4 is 0 Å². The summed E-state index contributed by atoms with van der Waals surface area (Å²) < 4.78 is 5.84. The molecule has 0 radical (unpaired) electrons. The molecular weight excluding hydrogens is 186 g/mol. The normalized spacial score (nSPS) is 16.4. The largest absolute Gasteiger partial charge is 0.374 e. The molecule has 2 heteroatoms. The summed E-state index contributed by atoms with van der Waals surface area (Å²) in [5.74, 6) is 0.790. The van der Waals surface area contributed by atoms with Crippen LogP contribution in [0.15, 0.2) is 0 Å².